The van der Waals surface area contributed by atoms with Crippen molar-refractivity contribution < 1.29 is 37.2 Å². The van der Waals surface area contributed by atoms with E-state index in [9.17, 15) is 14.2 Å². The topological polar surface area (TPSA) is 113 Å². The Morgan fingerprint density at radius 1 is 1.06 bits per heavy atom. The molecule has 0 aromatic carbocycles. The van der Waals surface area contributed by atoms with Gasteiger partial charge in [0.1, 0.15) is 0 Å². The van der Waals surface area contributed by atoms with Crippen LogP contribution in [0, 0.1) is 5.92 Å². The number of carbonyl (C=O) groups excluding carboxylic acids is 2. The monoisotopic (exact) mass is 494 g/mol. The summed E-state index contributed by atoms with van der Waals surface area (Å²) in [5.41, 5.74) is -1.61. The van der Waals surface area contributed by atoms with Crippen molar-refractivity contribution >= 4 is 19.9 Å². The molecule has 11 heteroatoms. The van der Waals surface area contributed by atoms with E-state index in [1.165, 1.54) is 4.90 Å². The number of esters is 1. The van der Waals surface area contributed by atoms with Gasteiger partial charge in [-0.25, -0.2) is 13.9 Å². The van der Waals surface area contributed by atoms with Gasteiger partial charge in [0.05, 0.1) is 24.2 Å². The fraction of sp³-hybridized carbons (Fsp3) is 0.909. The lowest BCUT2D eigenvalue weighted by molar-refractivity contribution is -0.145. The fourth-order valence-electron chi connectivity index (χ4n) is 2.97. The summed E-state index contributed by atoms with van der Waals surface area (Å²) in [7, 11) is -4.01. The van der Waals surface area contributed by atoms with Crippen molar-refractivity contribution in [3.8, 4) is 0 Å². The molecule has 1 aliphatic rings. The molecular formula is C22H43N2O8P. The third-order valence-electron chi connectivity index (χ3n) is 4.19. The van der Waals surface area contributed by atoms with Crippen LogP contribution < -0.4 is 5.32 Å². The molecule has 1 N–H and O–H groups in total. The van der Waals surface area contributed by atoms with Crippen LogP contribution in [0.15, 0.2) is 0 Å². The molecule has 33 heavy (non-hydrogen) atoms. The Morgan fingerprint density at radius 2 is 1.67 bits per heavy atom. The predicted octanol–water partition coefficient (Wildman–Crippen LogP) is 4.48. The summed E-state index contributed by atoms with van der Waals surface area (Å²) < 4.78 is 39.8. The maximum Gasteiger partial charge on any atom is 0.478 e. The zero-order chi connectivity index (χ0) is 25.3. The Morgan fingerprint density at radius 3 is 2.15 bits per heavy atom. The van der Waals surface area contributed by atoms with Gasteiger partial charge in [0.25, 0.3) is 0 Å². The number of amides is 1. The highest BCUT2D eigenvalue weighted by Crippen LogP contribution is 2.55. The van der Waals surface area contributed by atoms with Crippen molar-refractivity contribution in [1.29, 1.82) is 0 Å². The second-order valence-electron chi connectivity index (χ2n) is 10.6. The van der Waals surface area contributed by atoms with Crippen molar-refractivity contribution in [2.24, 2.45) is 5.92 Å². The number of nitrogens with one attached hydrogen (secondary N) is 1. The Hall–Kier alpha value is -1.19. The number of phosphoric ester groups is 1. The van der Waals surface area contributed by atoms with Crippen LogP contribution in [0.1, 0.15) is 74.7 Å². The summed E-state index contributed by atoms with van der Waals surface area (Å²) in [6.45, 7) is 15.3. The van der Waals surface area contributed by atoms with Crippen molar-refractivity contribution in [2.75, 3.05) is 33.0 Å². The summed E-state index contributed by atoms with van der Waals surface area (Å²) in [5.74, 6) is -0.144. The number of carbonyl (C=O) groups is 2. The van der Waals surface area contributed by atoms with Crippen LogP contribution >= 0.6 is 7.82 Å². The van der Waals surface area contributed by atoms with Crippen molar-refractivity contribution in [2.45, 2.75) is 91.9 Å². The van der Waals surface area contributed by atoms with E-state index < -0.39 is 31.9 Å². The number of hydrogen-bond donors (Lipinski definition) is 1. The first-order valence-corrected chi connectivity index (χ1v) is 13.0. The maximum absolute atomic E-state index is 13.1. The molecule has 1 saturated heterocycles. The van der Waals surface area contributed by atoms with Gasteiger partial charge in [0.15, 0.2) is 0 Å². The first-order chi connectivity index (χ1) is 15.1. The molecule has 0 saturated carbocycles. The lowest BCUT2D eigenvalue weighted by Crippen LogP contribution is -2.42. The van der Waals surface area contributed by atoms with Gasteiger partial charge in [-0.3, -0.25) is 13.8 Å². The Balaban J connectivity index is 2.71. The first-order valence-electron chi connectivity index (χ1n) is 11.6. The average Bonchev–Trinajstić information content (AvgIpc) is 3.12. The molecule has 1 atom stereocenters. The molecule has 1 aliphatic heterocycles. The van der Waals surface area contributed by atoms with E-state index in [4.69, 9.17) is 23.0 Å². The highest BCUT2D eigenvalue weighted by atomic mass is 31.2. The molecule has 194 valence electrons. The third-order valence-corrected chi connectivity index (χ3v) is 6.15. The molecule has 1 amide bonds. The smallest absolute Gasteiger partial charge is 0.465 e. The van der Waals surface area contributed by atoms with Gasteiger partial charge < -0.3 is 19.7 Å². The zero-order valence-electron chi connectivity index (χ0n) is 21.5. The highest BCUT2D eigenvalue weighted by molar-refractivity contribution is 7.48. The average molecular weight is 495 g/mol. The quantitative estimate of drug-likeness (QED) is 0.238. The lowest BCUT2D eigenvalue weighted by Gasteiger charge is -2.31. The van der Waals surface area contributed by atoms with Crippen LogP contribution in [0.4, 0.5) is 4.79 Å². The standard InChI is InChI=1S/C22H43N2O8P/c1-17(2)15-28-19(25)11-13-24(14-18-10-9-12-23-18)20(26)29-16-30-33(27,31-21(3,4)5)32-22(6,7)8/h17-18,23H,9-16H2,1-8H3/t18-/m0/s1. The first kappa shape index (κ1) is 29.8. The van der Waals surface area contributed by atoms with E-state index in [0.717, 1.165) is 19.4 Å². The molecule has 0 aromatic rings. The van der Waals surface area contributed by atoms with E-state index in [1.54, 1.807) is 41.5 Å². The fourth-order valence-corrected chi connectivity index (χ4v) is 4.63. The number of nitrogens with zero attached hydrogens (tertiary/aromatic N) is 1. The van der Waals surface area contributed by atoms with E-state index in [-0.39, 0.29) is 30.9 Å². The largest absolute Gasteiger partial charge is 0.478 e. The SMILES string of the molecule is CC(C)COC(=O)CCN(C[C@@H]1CCCN1)C(=O)OCOP(=O)(OC(C)(C)C)OC(C)(C)C. The summed E-state index contributed by atoms with van der Waals surface area (Å²) in [6, 6.07) is 0.115. The molecule has 0 spiro atoms. The Bertz CT molecular complexity index is 646. The van der Waals surface area contributed by atoms with Gasteiger partial charge >= 0.3 is 19.9 Å². The minimum absolute atomic E-state index is 0.0498. The molecule has 0 unspecified atom stereocenters. The lowest BCUT2D eigenvalue weighted by atomic mass is 10.2. The van der Waals surface area contributed by atoms with Crippen molar-refractivity contribution in [1.82, 2.24) is 10.2 Å². The van der Waals surface area contributed by atoms with Crippen LogP contribution in [0.2, 0.25) is 0 Å². The molecule has 1 fully saturated rings. The van der Waals surface area contributed by atoms with Crippen LogP contribution in [0.3, 0.4) is 0 Å². The molecule has 0 radical (unpaired) electrons. The molecular weight excluding hydrogens is 451 g/mol. The maximum atomic E-state index is 13.1. The van der Waals surface area contributed by atoms with E-state index in [2.05, 4.69) is 5.32 Å². The van der Waals surface area contributed by atoms with Crippen LogP contribution in [-0.2, 0) is 32.4 Å². The summed E-state index contributed by atoms with van der Waals surface area (Å²) in [4.78, 5) is 26.2. The van der Waals surface area contributed by atoms with Gasteiger partial charge in [0, 0.05) is 19.1 Å². The number of ether oxygens (including phenoxy) is 2. The van der Waals surface area contributed by atoms with Gasteiger partial charge in [-0.2, -0.15) is 0 Å². The minimum atomic E-state index is -4.01. The molecule has 0 bridgehead atoms. The van der Waals surface area contributed by atoms with E-state index >= 15 is 0 Å². The van der Waals surface area contributed by atoms with Gasteiger partial charge in [-0.1, -0.05) is 13.8 Å². The second-order valence-corrected chi connectivity index (χ2v) is 12.1. The van der Waals surface area contributed by atoms with E-state index in [1.807, 2.05) is 13.8 Å². The number of hydrogen-bond acceptors (Lipinski definition) is 9. The Labute approximate surface area is 198 Å². The van der Waals surface area contributed by atoms with Crippen LogP contribution in [0.25, 0.3) is 0 Å². The summed E-state index contributed by atoms with van der Waals surface area (Å²) in [5, 5.41) is 3.32. The van der Waals surface area contributed by atoms with E-state index in [0.29, 0.717) is 13.2 Å². The van der Waals surface area contributed by atoms with Crippen molar-refractivity contribution in [3.05, 3.63) is 0 Å². The van der Waals surface area contributed by atoms with Crippen molar-refractivity contribution in [3.63, 3.8) is 0 Å². The van der Waals surface area contributed by atoms with Gasteiger partial charge in [-0.15, -0.1) is 0 Å². The third kappa shape index (κ3) is 14.0. The Kier molecular flexibility index (Phi) is 11.8. The highest BCUT2D eigenvalue weighted by Gasteiger charge is 2.37. The molecule has 0 aromatic heterocycles. The van der Waals surface area contributed by atoms with Crippen LogP contribution in [-0.4, -0.2) is 67.2 Å². The second kappa shape index (κ2) is 13.0. The summed E-state index contributed by atoms with van der Waals surface area (Å²) >= 11 is 0. The molecule has 0 aliphatic carbocycles. The molecule has 1 heterocycles. The zero-order valence-corrected chi connectivity index (χ0v) is 22.4. The molecule has 1 rings (SSSR count). The number of phosphoric acid groups is 1. The summed E-state index contributed by atoms with van der Waals surface area (Å²) in [6.07, 6.45) is 1.31. The van der Waals surface area contributed by atoms with Gasteiger partial charge in [-0.05, 0) is 66.8 Å². The number of rotatable bonds is 12. The normalized spacial score (nSPS) is 17.3. The predicted molar refractivity (Wildman–Crippen MR) is 125 cm³/mol. The minimum Gasteiger partial charge on any atom is -0.465 e. The van der Waals surface area contributed by atoms with Crippen LogP contribution in [0.5, 0.6) is 0 Å². The molecule has 10 nitrogen and oxygen atoms in total. The van der Waals surface area contributed by atoms with Gasteiger partial charge in [0.2, 0.25) is 6.79 Å².